The van der Waals surface area contributed by atoms with Crippen LogP contribution in [0.25, 0.3) is 0 Å². The summed E-state index contributed by atoms with van der Waals surface area (Å²) in [7, 11) is 0. The van der Waals surface area contributed by atoms with Gasteiger partial charge in [0.05, 0.1) is 0 Å². The van der Waals surface area contributed by atoms with E-state index in [1.165, 1.54) is 12.1 Å². The van der Waals surface area contributed by atoms with Crippen molar-refractivity contribution in [2.24, 2.45) is 5.92 Å². The van der Waals surface area contributed by atoms with E-state index in [1.54, 1.807) is 0 Å². The number of hydrogen-bond donors (Lipinski definition) is 0. The summed E-state index contributed by atoms with van der Waals surface area (Å²) >= 11 is 0. The molecule has 1 amide bonds. The zero-order valence-corrected chi connectivity index (χ0v) is 14.6. The highest BCUT2D eigenvalue weighted by Gasteiger charge is 2.27. The predicted molar refractivity (Wildman–Crippen MR) is 92.9 cm³/mol. The number of likely N-dealkylation sites (tertiary alicyclic amines) is 1. The van der Waals surface area contributed by atoms with Gasteiger partial charge in [-0.1, -0.05) is 45.2 Å². The number of carbonyl (C=O) groups excluding carboxylic acids is 1. The van der Waals surface area contributed by atoms with E-state index >= 15 is 0 Å². The van der Waals surface area contributed by atoms with Crippen molar-refractivity contribution in [2.45, 2.75) is 64.7 Å². The lowest BCUT2D eigenvalue weighted by molar-refractivity contribution is -0.136. The summed E-state index contributed by atoms with van der Waals surface area (Å²) in [5, 5.41) is 0. The summed E-state index contributed by atoms with van der Waals surface area (Å²) in [4.78, 5) is 15.0. The average molecular weight is 319 g/mol. The lowest BCUT2D eigenvalue weighted by Gasteiger charge is -2.28. The first-order valence-corrected chi connectivity index (χ1v) is 9.20. The van der Waals surface area contributed by atoms with Crippen LogP contribution in [0.2, 0.25) is 0 Å². The van der Waals surface area contributed by atoms with Crippen molar-refractivity contribution >= 4 is 5.91 Å². The Kier molecular flexibility index (Phi) is 7.07. The highest BCUT2D eigenvalue weighted by atomic mass is 19.1. The first-order chi connectivity index (χ1) is 11.2. The van der Waals surface area contributed by atoms with Gasteiger partial charge in [-0.25, -0.2) is 4.39 Å². The van der Waals surface area contributed by atoms with E-state index in [2.05, 4.69) is 18.7 Å². The van der Waals surface area contributed by atoms with Gasteiger partial charge in [-0.3, -0.25) is 4.79 Å². The molecule has 1 fully saturated rings. The molecule has 0 saturated carbocycles. The molecule has 1 aliphatic heterocycles. The molecule has 0 aliphatic carbocycles. The van der Waals surface area contributed by atoms with Crippen LogP contribution in [-0.4, -0.2) is 23.9 Å². The van der Waals surface area contributed by atoms with E-state index in [0.29, 0.717) is 11.8 Å². The third-order valence-corrected chi connectivity index (χ3v) is 4.95. The molecule has 1 aromatic carbocycles. The third-order valence-electron chi connectivity index (χ3n) is 4.95. The van der Waals surface area contributed by atoms with Crippen LogP contribution >= 0.6 is 0 Å². The van der Waals surface area contributed by atoms with E-state index < -0.39 is 0 Å². The second-order valence-electron chi connectivity index (χ2n) is 6.80. The molecule has 128 valence electrons. The van der Waals surface area contributed by atoms with Gasteiger partial charge >= 0.3 is 0 Å². The van der Waals surface area contributed by atoms with Crippen LogP contribution in [0.4, 0.5) is 4.39 Å². The van der Waals surface area contributed by atoms with Crippen LogP contribution in [-0.2, 0) is 4.79 Å². The molecule has 1 atom stereocenters. The first-order valence-electron chi connectivity index (χ1n) is 9.20. The minimum atomic E-state index is -0.193. The maximum atomic E-state index is 13.1. The van der Waals surface area contributed by atoms with Crippen molar-refractivity contribution in [3.05, 3.63) is 35.6 Å². The standard InChI is InChI=1S/C20H30FNO/c1-3-7-17(8-4-2)20(23)22-14-6-5-9-18(15-22)16-10-12-19(21)13-11-16/h10-13,17-18H,3-9,14-15H2,1-2H3. The number of amides is 1. The van der Waals surface area contributed by atoms with E-state index in [9.17, 15) is 9.18 Å². The van der Waals surface area contributed by atoms with Gasteiger partial charge in [-0.2, -0.15) is 0 Å². The summed E-state index contributed by atoms with van der Waals surface area (Å²) in [6.07, 6.45) is 7.40. The second kappa shape index (κ2) is 9.05. The van der Waals surface area contributed by atoms with Gasteiger partial charge in [0, 0.05) is 24.9 Å². The number of benzene rings is 1. The Labute approximate surface area is 140 Å². The van der Waals surface area contributed by atoms with Crippen molar-refractivity contribution < 1.29 is 9.18 Å². The van der Waals surface area contributed by atoms with Crippen LogP contribution in [0.5, 0.6) is 0 Å². The van der Waals surface area contributed by atoms with E-state index in [4.69, 9.17) is 0 Å². The molecule has 2 nitrogen and oxygen atoms in total. The third kappa shape index (κ3) is 5.05. The van der Waals surface area contributed by atoms with Gasteiger partial charge in [0.2, 0.25) is 5.91 Å². The fourth-order valence-electron chi connectivity index (χ4n) is 3.70. The number of halogens is 1. The van der Waals surface area contributed by atoms with Crippen LogP contribution in [0.3, 0.4) is 0 Å². The van der Waals surface area contributed by atoms with Gasteiger partial charge in [0.15, 0.2) is 0 Å². The molecule has 0 aromatic heterocycles. The number of carbonyl (C=O) groups is 1. The Morgan fingerprint density at radius 2 is 1.83 bits per heavy atom. The Hall–Kier alpha value is -1.38. The molecular weight excluding hydrogens is 289 g/mol. The van der Waals surface area contributed by atoms with Crippen molar-refractivity contribution in [1.29, 1.82) is 0 Å². The van der Waals surface area contributed by atoms with Crippen LogP contribution in [0.15, 0.2) is 24.3 Å². The quantitative estimate of drug-likeness (QED) is 0.711. The summed E-state index contributed by atoms with van der Waals surface area (Å²) in [5.74, 6) is 0.659. The second-order valence-corrected chi connectivity index (χ2v) is 6.80. The molecule has 23 heavy (non-hydrogen) atoms. The molecule has 1 aromatic rings. The van der Waals surface area contributed by atoms with Gasteiger partial charge in [-0.15, -0.1) is 0 Å². The van der Waals surface area contributed by atoms with E-state index in [1.807, 2.05) is 12.1 Å². The minimum Gasteiger partial charge on any atom is -0.342 e. The molecule has 2 rings (SSSR count). The van der Waals surface area contributed by atoms with Crippen molar-refractivity contribution in [1.82, 2.24) is 4.90 Å². The van der Waals surface area contributed by atoms with Crippen LogP contribution in [0.1, 0.15) is 70.3 Å². The molecule has 0 bridgehead atoms. The molecule has 0 spiro atoms. The molecule has 3 heteroatoms. The monoisotopic (exact) mass is 319 g/mol. The lowest BCUT2D eigenvalue weighted by Crippen LogP contribution is -2.38. The molecule has 0 radical (unpaired) electrons. The molecule has 1 heterocycles. The number of nitrogens with zero attached hydrogens (tertiary/aromatic N) is 1. The van der Waals surface area contributed by atoms with Crippen LogP contribution < -0.4 is 0 Å². The summed E-state index contributed by atoms with van der Waals surface area (Å²) < 4.78 is 13.1. The van der Waals surface area contributed by atoms with E-state index in [-0.39, 0.29) is 11.7 Å². The van der Waals surface area contributed by atoms with Gasteiger partial charge in [0.1, 0.15) is 5.82 Å². The number of hydrogen-bond acceptors (Lipinski definition) is 1. The SMILES string of the molecule is CCCC(CCC)C(=O)N1CCCCC(c2ccc(F)cc2)C1. The summed E-state index contributed by atoms with van der Waals surface area (Å²) in [5.41, 5.74) is 1.16. The Morgan fingerprint density at radius 1 is 1.17 bits per heavy atom. The van der Waals surface area contributed by atoms with Crippen molar-refractivity contribution in [3.8, 4) is 0 Å². The zero-order valence-electron chi connectivity index (χ0n) is 14.6. The lowest BCUT2D eigenvalue weighted by atomic mass is 9.93. The van der Waals surface area contributed by atoms with Gasteiger partial charge in [-0.05, 0) is 43.4 Å². The summed E-state index contributed by atoms with van der Waals surface area (Å²) in [6, 6.07) is 6.82. The molecule has 0 N–H and O–H groups in total. The fourth-order valence-corrected chi connectivity index (χ4v) is 3.70. The first kappa shape index (κ1) is 18.0. The van der Waals surface area contributed by atoms with Gasteiger partial charge in [0.25, 0.3) is 0 Å². The highest BCUT2D eigenvalue weighted by molar-refractivity contribution is 5.79. The predicted octanol–water partition coefficient (Wildman–Crippen LogP) is 5.14. The average Bonchev–Trinajstić information content (AvgIpc) is 2.81. The van der Waals surface area contributed by atoms with Crippen LogP contribution in [0, 0.1) is 11.7 Å². The molecule has 1 unspecified atom stereocenters. The molecule has 1 saturated heterocycles. The fraction of sp³-hybridized carbons (Fsp3) is 0.650. The molecular formula is C20H30FNO. The Morgan fingerprint density at radius 3 is 2.43 bits per heavy atom. The minimum absolute atomic E-state index is 0.178. The zero-order chi connectivity index (χ0) is 16.7. The number of rotatable bonds is 6. The smallest absolute Gasteiger partial charge is 0.225 e. The van der Waals surface area contributed by atoms with Crippen molar-refractivity contribution in [3.63, 3.8) is 0 Å². The summed E-state index contributed by atoms with van der Waals surface area (Å²) in [6.45, 7) is 5.97. The van der Waals surface area contributed by atoms with E-state index in [0.717, 1.165) is 63.6 Å². The maximum absolute atomic E-state index is 13.1. The Balaban J connectivity index is 2.08. The van der Waals surface area contributed by atoms with Gasteiger partial charge < -0.3 is 4.90 Å². The highest BCUT2D eigenvalue weighted by Crippen LogP contribution is 2.28. The topological polar surface area (TPSA) is 20.3 Å². The normalized spacial score (nSPS) is 19.0. The Bertz CT molecular complexity index is 479. The maximum Gasteiger partial charge on any atom is 0.225 e. The van der Waals surface area contributed by atoms with Crippen molar-refractivity contribution in [2.75, 3.05) is 13.1 Å². The molecule has 1 aliphatic rings. The largest absolute Gasteiger partial charge is 0.342 e.